The maximum atomic E-state index is 11.5. The van der Waals surface area contributed by atoms with E-state index in [0.717, 1.165) is 4.47 Å². The molecule has 6 heteroatoms. The summed E-state index contributed by atoms with van der Waals surface area (Å²) in [6, 6.07) is 0. The van der Waals surface area contributed by atoms with Gasteiger partial charge in [0.25, 0.3) is 0 Å². The van der Waals surface area contributed by atoms with E-state index in [2.05, 4.69) is 36.5 Å². The summed E-state index contributed by atoms with van der Waals surface area (Å²) < 4.78 is 0.724. The maximum Gasteiger partial charge on any atom is 0.244 e. The van der Waals surface area contributed by atoms with Crippen LogP contribution in [-0.4, -0.2) is 28.5 Å². The number of carbonyl (C=O) groups excluding carboxylic acids is 1. The van der Waals surface area contributed by atoms with Crippen molar-refractivity contribution in [3.63, 3.8) is 0 Å². The maximum absolute atomic E-state index is 11.5. The Balaban J connectivity index is 2.86. The first kappa shape index (κ1) is 11.9. The number of anilines is 1. The van der Waals surface area contributed by atoms with Gasteiger partial charge in [-0.15, -0.1) is 0 Å². The molecule has 0 aliphatic rings. The minimum Gasteiger partial charge on any atom is -0.357 e. The number of likely N-dealkylation sites (N-methyl/N-ethyl adjacent to an activating group) is 1. The molecule has 1 rings (SSSR count). The van der Waals surface area contributed by atoms with E-state index < -0.39 is 5.54 Å². The van der Waals surface area contributed by atoms with E-state index in [1.54, 1.807) is 27.1 Å². The second kappa shape index (κ2) is 4.57. The molecule has 0 fully saturated rings. The normalized spacial score (nSPS) is 10.9. The third-order valence-electron chi connectivity index (χ3n) is 1.89. The fourth-order valence-electron chi connectivity index (χ4n) is 1.07. The Hall–Kier alpha value is -1.17. The highest BCUT2D eigenvalue weighted by Gasteiger charge is 2.27. The summed E-state index contributed by atoms with van der Waals surface area (Å²) in [6.45, 7) is 3.56. The Morgan fingerprint density at radius 3 is 2.73 bits per heavy atom. The fraction of sp³-hybridized carbons (Fsp3) is 0.444. The zero-order valence-corrected chi connectivity index (χ0v) is 10.4. The van der Waals surface area contributed by atoms with Crippen LogP contribution in [0.25, 0.3) is 0 Å². The highest BCUT2D eigenvalue weighted by Crippen LogP contribution is 2.21. The van der Waals surface area contributed by atoms with Crippen molar-refractivity contribution in [1.82, 2.24) is 15.3 Å². The number of amides is 1. The summed E-state index contributed by atoms with van der Waals surface area (Å²) in [5, 5.41) is 5.61. The monoisotopic (exact) mass is 272 g/mol. The van der Waals surface area contributed by atoms with E-state index in [1.165, 1.54) is 6.33 Å². The highest BCUT2D eigenvalue weighted by atomic mass is 79.9. The van der Waals surface area contributed by atoms with E-state index in [1.807, 2.05) is 0 Å². The minimum atomic E-state index is -0.717. The van der Waals surface area contributed by atoms with Gasteiger partial charge in [-0.2, -0.15) is 0 Å². The lowest BCUT2D eigenvalue weighted by Gasteiger charge is -2.25. The van der Waals surface area contributed by atoms with Crippen molar-refractivity contribution in [3.05, 3.63) is 17.0 Å². The molecule has 1 amide bonds. The predicted octanol–water partition coefficient (Wildman–Crippen LogP) is 1.18. The van der Waals surface area contributed by atoms with Crippen molar-refractivity contribution < 1.29 is 4.79 Å². The quantitative estimate of drug-likeness (QED) is 0.867. The molecule has 82 valence electrons. The smallest absolute Gasteiger partial charge is 0.244 e. The molecule has 1 aromatic heterocycles. The molecule has 0 radical (unpaired) electrons. The van der Waals surface area contributed by atoms with Gasteiger partial charge < -0.3 is 10.6 Å². The summed E-state index contributed by atoms with van der Waals surface area (Å²) in [5.74, 6) is 0.492. The molecule has 5 nitrogen and oxygen atoms in total. The second-order valence-electron chi connectivity index (χ2n) is 3.55. The first-order valence-electron chi connectivity index (χ1n) is 4.43. The van der Waals surface area contributed by atoms with Crippen LogP contribution >= 0.6 is 15.9 Å². The van der Waals surface area contributed by atoms with E-state index in [-0.39, 0.29) is 5.91 Å². The Labute approximate surface area is 96.8 Å². The van der Waals surface area contributed by atoms with Crippen LogP contribution in [0.5, 0.6) is 0 Å². The molecule has 0 saturated heterocycles. The zero-order valence-electron chi connectivity index (χ0n) is 8.84. The second-order valence-corrected chi connectivity index (χ2v) is 4.40. The molecule has 0 aliphatic heterocycles. The van der Waals surface area contributed by atoms with Gasteiger partial charge in [0, 0.05) is 13.2 Å². The summed E-state index contributed by atoms with van der Waals surface area (Å²) in [6.07, 6.45) is 3.04. The molecule has 0 aliphatic carbocycles. The van der Waals surface area contributed by atoms with E-state index in [4.69, 9.17) is 0 Å². The first-order chi connectivity index (χ1) is 6.97. The van der Waals surface area contributed by atoms with Crippen LogP contribution in [0, 0.1) is 0 Å². The molecule has 0 unspecified atom stereocenters. The van der Waals surface area contributed by atoms with Crippen LogP contribution in [0.2, 0.25) is 0 Å². The van der Waals surface area contributed by atoms with E-state index in [0.29, 0.717) is 5.82 Å². The largest absolute Gasteiger partial charge is 0.357 e. The number of nitrogens with one attached hydrogen (secondary N) is 2. The molecule has 0 spiro atoms. The Morgan fingerprint density at radius 2 is 2.20 bits per heavy atom. The van der Waals surface area contributed by atoms with E-state index >= 15 is 0 Å². The standard InChI is InChI=1S/C9H13BrN4O/c1-9(2,8(15)11-3)14-7-6(10)4-12-5-13-7/h4-5H,1-3H3,(H,11,15)(H,12,13,14). The van der Waals surface area contributed by atoms with Crippen molar-refractivity contribution in [2.75, 3.05) is 12.4 Å². The molecule has 0 atom stereocenters. The fourth-order valence-corrected chi connectivity index (χ4v) is 1.39. The first-order valence-corrected chi connectivity index (χ1v) is 5.22. The number of carbonyl (C=O) groups is 1. The Morgan fingerprint density at radius 1 is 1.53 bits per heavy atom. The van der Waals surface area contributed by atoms with Crippen molar-refractivity contribution in [1.29, 1.82) is 0 Å². The number of halogens is 1. The van der Waals surface area contributed by atoms with Crippen LogP contribution in [0.3, 0.4) is 0 Å². The number of hydrogen-bond donors (Lipinski definition) is 2. The number of hydrogen-bond acceptors (Lipinski definition) is 4. The van der Waals surface area contributed by atoms with Gasteiger partial charge in [-0.1, -0.05) is 0 Å². The van der Waals surface area contributed by atoms with Gasteiger partial charge in [-0.25, -0.2) is 9.97 Å². The van der Waals surface area contributed by atoms with Crippen molar-refractivity contribution in [2.24, 2.45) is 0 Å². The lowest BCUT2D eigenvalue weighted by atomic mass is 10.1. The van der Waals surface area contributed by atoms with Crippen LogP contribution < -0.4 is 10.6 Å². The van der Waals surface area contributed by atoms with Gasteiger partial charge in [0.05, 0.1) is 4.47 Å². The van der Waals surface area contributed by atoms with Crippen LogP contribution in [-0.2, 0) is 4.79 Å². The molecule has 1 aromatic rings. The highest BCUT2D eigenvalue weighted by molar-refractivity contribution is 9.10. The summed E-state index contributed by atoms with van der Waals surface area (Å²) in [5.41, 5.74) is -0.717. The van der Waals surface area contributed by atoms with Crippen LogP contribution in [0.15, 0.2) is 17.0 Å². The number of nitrogens with zero attached hydrogens (tertiary/aromatic N) is 2. The lowest BCUT2D eigenvalue weighted by Crippen LogP contribution is -2.46. The SMILES string of the molecule is CNC(=O)C(C)(C)Nc1ncncc1Br. The van der Waals surface area contributed by atoms with Gasteiger partial charge in [-0.3, -0.25) is 4.79 Å². The van der Waals surface area contributed by atoms with Gasteiger partial charge >= 0.3 is 0 Å². The molecule has 0 aromatic carbocycles. The van der Waals surface area contributed by atoms with Gasteiger partial charge in [0.15, 0.2) is 0 Å². The molecule has 0 bridgehead atoms. The average Bonchev–Trinajstić information content (AvgIpc) is 2.20. The number of rotatable bonds is 3. The van der Waals surface area contributed by atoms with Crippen molar-refractivity contribution in [2.45, 2.75) is 19.4 Å². The molecule has 2 N–H and O–H groups in total. The summed E-state index contributed by atoms with van der Waals surface area (Å²) in [7, 11) is 1.60. The van der Waals surface area contributed by atoms with Crippen molar-refractivity contribution >= 4 is 27.7 Å². The molecular formula is C9H13BrN4O. The Bertz CT molecular complexity index is 367. The minimum absolute atomic E-state index is 0.104. The summed E-state index contributed by atoms with van der Waals surface area (Å²) in [4.78, 5) is 19.4. The zero-order chi connectivity index (χ0) is 11.5. The molecule has 15 heavy (non-hydrogen) atoms. The molecular weight excluding hydrogens is 260 g/mol. The predicted molar refractivity (Wildman–Crippen MR) is 61.5 cm³/mol. The summed E-state index contributed by atoms with van der Waals surface area (Å²) >= 11 is 3.30. The third kappa shape index (κ3) is 2.89. The topological polar surface area (TPSA) is 66.9 Å². The van der Waals surface area contributed by atoms with Gasteiger partial charge in [0.1, 0.15) is 17.7 Å². The third-order valence-corrected chi connectivity index (χ3v) is 2.47. The lowest BCUT2D eigenvalue weighted by molar-refractivity contribution is -0.124. The van der Waals surface area contributed by atoms with Crippen molar-refractivity contribution in [3.8, 4) is 0 Å². The van der Waals surface area contributed by atoms with Gasteiger partial charge in [-0.05, 0) is 29.8 Å². The van der Waals surface area contributed by atoms with Gasteiger partial charge in [0.2, 0.25) is 5.91 Å². The van der Waals surface area contributed by atoms with Crippen LogP contribution in [0.1, 0.15) is 13.8 Å². The van der Waals surface area contributed by atoms with E-state index in [9.17, 15) is 4.79 Å². The van der Waals surface area contributed by atoms with Crippen LogP contribution in [0.4, 0.5) is 5.82 Å². The molecule has 1 heterocycles. The number of aromatic nitrogens is 2. The average molecular weight is 273 g/mol. The Kier molecular flexibility index (Phi) is 3.62. The molecule has 0 saturated carbocycles.